The van der Waals surface area contributed by atoms with Crippen molar-refractivity contribution in [1.29, 1.82) is 0 Å². The number of cyclic esters (lactones) is 1. The van der Waals surface area contributed by atoms with Crippen molar-refractivity contribution in [3.05, 3.63) is 101 Å². The SMILES string of the molecule is COc1ccc(C(=O)NNC(=O)COC(=O)c2ccc3c(c2)CC(c2ccccc2)OC3=O)cc1. The summed E-state index contributed by atoms with van der Waals surface area (Å²) in [4.78, 5) is 49.0. The molecule has 1 atom stereocenters. The predicted octanol–water partition coefficient (Wildman–Crippen LogP) is 2.77. The molecule has 1 heterocycles. The molecule has 9 heteroatoms. The standard InChI is InChI=1S/C26H22N2O7/c1-33-20-10-7-17(8-11-20)24(30)28-27-23(29)15-34-25(31)18-9-12-21-19(13-18)14-22(35-26(21)32)16-5-3-2-4-6-16/h2-13,22H,14-15H2,1H3,(H,27,29)(H,28,30). The number of methoxy groups -OCH3 is 1. The van der Waals surface area contributed by atoms with E-state index in [-0.39, 0.29) is 5.56 Å². The lowest BCUT2D eigenvalue weighted by atomic mass is 9.93. The summed E-state index contributed by atoms with van der Waals surface area (Å²) in [5.74, 6) is -1.87. The second-order valence-electron chi connectivity index (χ2n) is 7.69. The molecule has 0 bridgehead atoms. The maximum absolute atomic E-state index is 12.5. The highest BCUT2D eigenvalue weighted by atomic mass is 16.5. The number of hydrazine groups is 1. The third-order valence-corrected chi connectivity index (χ3v) is 5.39. The summed E-state index contributed by atoms with van der Waals surface area (Å²) in [6.07, 6.45) is -0.0491. The Morgan fingerprint density at radius 1 is 0.943 bits per heavy atom. The number of carbonyl (C=O) groups excluding carboxylic acids is 4. The summed E-state index contributed by atoms with van der Waals surface area (Å²) in [7, 11) is 1.51. The van der Waals surface area contributed by atoms with E-state index in [4.69, 9.17) is 14.2 Å². The molecule has 0 aliphatic carbocycles. The van der Waals surface area contributed by atoms with Crippen molar-refractivity contribution in [3.8, 4) is 5.75 Å². The monoisotopic (exact) mass is 474 g/mol. The van der Waals surface area contributed by atoms with E-state index < -0.39 is 36.5 Å². The molecule has 1 unspecified atom stereocenters. The van der Waals surface area contributed by atoms with Crippen molar-refractivity contribution >= 4 is 23.8 Å². The van der Waals surface area contributed by atoms with Gasteiger partial charge in [-0.05, 0) is 53.6 Å². The lowest BCUT2D eigenvalue weighted by Gasteiger charge is -2.25. The first-order valence-electron chi connectivity index (χ1n) is 10.7. The summed E-state index contributed by atoms with van der Waals surface area (Å²) >= 11 is 0. The summed E-state index contributed by atoms with van der Waals surface area (Å²) < 4.78 is 15.6. The van der Waals surface area contributed by atoms with E-state index in [1.54, 1.807) is 18.2 Å². The van der Waals surface area contributed by atoms with Crippen LogP contribution in [0.5, 0.6) is 5.75 Å². The molecule has 4 rings (SSSR count). The van der Waals surface area contributed by atoms with Crippen LogP contribution in [-0.2, 0) is 20.7 Å². The van der Waals surface area contributed by atoms with E-state index >= 15 is 0 Å². The Hall–Kier alpha value is -4.66. The van der Waals surface area contributed by atoms with Gasteiger partial charge < -0.3 is 14.2 Å². The minimum atomic E-state index is -0.736. The van der Waals surface area contributed by atoms with Crippen LogP contribution in [0.2, 0.25) is 0 Å². The first kappa shape index (κ1) is 23.5. The van der Waals surface area contributed by atoms with Crippen molar-refractivity contribution in [1.82, 2.24) is 10.9 Å². The zero-order chi connectivity index (χ0) is 24.8. The number of carbonyl (C=O) groups is 4. The molecule has 178 valence electrons. The van der Waals surface area contributed by atoms with Crippen LogP contribution < -0.4 is 15.6 Å². The number of hydrogen-bond acceptors (Lipinski definition) is 7. The van der Waals surface area contributed by atoms with Gasteiger partial charge in [0.25, 0.3) is 11.8 Å². The van der Waals surface area contributed by atoms with Gasteiger partial charge in [-0.1, -0.05) is 30.3 Å². The van der Waals surface area contributed by atoms with Gasteiger partial charge in [0.15, 0.2) is 6.61 Å². The molecule has 2 N–H and O–H groups in total. The Bertz CT molecular complexity index is 1260. The van der Waals surface area contributed by atoms with Gasteiger partial charge >= 0.3 is 11.9 Å². The molecular formula is C26H22N2O7. The molecule has 0 saturated heterocycles. The van der Waals surface area contributed by atoms with Crippen molar-refractivity contribution in [2.75, 3.05) is 13.7 Å². The molecule has 3 aromatic carbocycles. The molecule has 0 fully saturated rings. The average Bonchev–Trinajstić information content (AvgIpc) is 2.90. The Balaban J connectivity index is 1.31. The third kappa shape index (κ3) is 5.64. The topological polar surface area (TPSA) is 120 Å². The van der Waals surface area contributed by atoms with Crippen LogP contribution >= 0.6 is 0 Å². The molecular weight excluding hydrogens is 452 g/mol. The summed E-state index contributed by atoms with van der Waals surface area (Å²) in [6.45, 7) is -0.604. The van der Waals surface area contributed by atoms with Crippen LogP contribution in [0.4, 0.5) is 0 Å². The van der Waals surface area contributed by atoms with Crippen molar-refractivity contribution in [2.24, 2.45) is 0 Å². The molecule has 0 radical (unpaired) electrons. The Labute approximate surface area is 201 Å². The fourth-order valence-electron chi connectivity index (χ4n) is 3.57. The molecule has 0 aromatic heterocycles. The van der Waals surface area contributed by atoms with Gasteiger partial charge in [0.1, 0.15) is 11.9 Å². The smallest absolute Gasteiger partial charge is 0.339 e. The van der Waals surface area contributed by atoms with Gasteiger partial charge in [-0.25, -0.2) is 9.59 Å². The first-order chi connectivity index (χ1) is 16.9. The zero-order valence-electron chi connectivity index (χ0n) is 18.8. The van der Waals surface area contributed by atoms with Crippen LogP contribution in [0.25, 0.3) is 0 Å². The minimum absolute atomic E-state index is 0.195. The van der Waals surface area contributed by atoms with E-state index in [0.717, 1.165) is 5.56 Å². The lowest BCUT2D eigenvalue weighted by molar-refractivity contribution is -0.125. The number of hydrogen-bond donors (Lipinski definition) is 2. The number of benzene rings is 3. The van der Waals surface area contributed by atoms with Crippen molar-refractivity contribution < 1.29 is 33.4 Å². The predicted molar refractivity (Wildman–Crippen MR) is 124 cm³/mol. The van der Waals surface area contributed by atoms with E-state index in [9.17, 15) is 19.2 Å². The summed E-state index contributed by atoms with van der Waals surface area (Å²) in [5, 5.41) is 0. The Morgan fingerprint density at radius 3 is 2.37 bits per heavy atom. The van der Waals surface area contributed by atoms with E-state index in [1.807, 2.05) is 30.3 Å². The first-order valence-corrected chi connectivity index (χ1v) is 10.7. The van der Waals surface area contributed by atoms with Crippen LogP contribution in [0.15, 0.2) is 72.8 Å². The summed E-state index contributed by atoms with van der Waals surface area (Å²) in [5.41, 5.74) is 6.83. The normalized spacial score (nSPS) is 14.2. The van der Waals surface area contributed by atoms with Gasteiger partial charge in [0.05, 0.1) is 18.2 Å². The van der Waals surface area contributed by atoms with E-state index in [1.165, 1.54) is 31.4 Å². The van der Waals surface area contributed by atoms with Crippen LogP contribution in [0, 0.1) is 0 Å². The molecule has 35 heavy (non-hydrogen) atoms. The van der Waals surface area contributed by atoms with Gasteiger partial charge in [-0.15, -0.1) is 0 Å². The quantitative estimate of drug-likeness (QED) is 0.416. The highest BCUT2D eigenvalue weighted by Gasteiger charge is 2.28. The van der Waals surface area contributed by atoms with Crippen LogP contribution in [-0.4, -0.2) is 37.5 Å². The highest BCUT2D eigenvalue weighted by Crippen LogP contribution is 2.31. The Morgan fingerprint density at radius 2 is 1.66 bits per heavy atom. The van der Waals surface area contributed by atoms with Crippen molar-refractivity contribution in [2.45, 2.75) is 12.5 Å². The number of amides is 2. The molecule has 1 aliphatic rings. The largest absolute Gasteiger partial charge is 0.497 e. The Kier molecular flexibility index (Phi) is 7.06. The molecule has 0 spiro atoms. The third-order valence-electron chi connectivity index (χ3n) is 5.39. The fourth-order valence-corrected chi connectivity index (χ4v) is 3.57. The van der Waals surface area contributed by atoms with Crippen molar-refractivity contribution in [3.63, 3.8) is 0 Å². The second-order valence-corrected chi connectivity index (χ2v) is 7.69. The molecule has 0 saturated carbocycles. The fraction of sp³-hybridized carbons (Fsp3) is 0.154. The summed E-state index contributed by atoms with van der Waals surface area (Å²) in [6, 6.07) is 20.1. The van der Waals surface area contributed by atoms with Gasteiger partial charge in [0.2, 0.25) is 0 Å². The number of ether oxygens (including phenoxy) is 3. The molecule has 3 aromatic rings. The maximum atomic E-state index is 12.5. The lowest BCUT2D eigenvalue weighted by Crippen LogP contribution is -2.43. The van der Waals surface area contributed by atoms with Gasteiger partial charge in [-0.3, -0.25) is 20.4 Å². The zero-order valence-corrected chi connectivity index (χ0v) is 18.8. The number of esters is 2. The average molecular weight is 474 g/mol. The maximum Gasteiger partial charge on any atom is 0.339 e. The molecule has 1 aliphatic heterocycles. The number of fused-ring (bicyclic) bond motifs is 1. The molecule has 2 amide bonds. The van der Waals surface area contributed by atoms with Gasteiger partial charge in [-0.2, -0.15) is 0 Å². The molecule has 9 nitrogen and oxygen atoms in total. The number of nitrogens with one attached hydrogen (secondary N) is 2. The number of rotatable bonds is 6. The van der Waals surface area contributed by atoms with E-state index in [2.05, 4.69) is 10.9 Å². The van der Waals surface area contributed by atoms with Gasteiger partial charge in [0, 0.05) is 12.0 Å². The van der Waals surface area contributed by atoms with Crippen LogP contribution in [0.1, 0.15) is 48.3 Å². The van der Waals surface area contributed by atoms with E-state index in [0.29, 0.717) is 28.9 Å². The second kappa shape index (κ2) is 10.5. The minimum Gasteiger partial charge on any atom is -0.497 e. The highest BCUT2D eigenvalue weighted by molar-refractivity contribution is 5.97. The van der Waals surface area contributed by atoms with Crippen LogP contribution in [0.3, 0.4) is 0 Å².